The minimum Gasteiger partial charge on any atom is -0.454 e. The second kappa shape index (κ2) is 10.7. The molecule has 0 saturated heterocycles. The Balaban J connectivity index is 1.22. The molecule has 9 aromatic rings. The fourth-order valence-electron chi connectivity index (χ4n) is 9.59. The fourth-order valence-corrected chi connectivity index (χ4v) is 10.7. The lowest BCUT2D eigenvalue weighted by atomic mass is 9.57. The SMILES string of the molecule is Cc1cc(-c2cccc3c2[nH]c2sc4ccccc4c23)c2c(c1)N(c1cc3c(cc1C)C(C)(C)CCC3(C)C)c1c(ccc3c1oc1ccccc13)[B]2. The summed E-state index contributed by atoms with van der Waals surface area (Å²) in [5.41, 5.74) is 17.1. The van der Waals surface area contributed by atoms with Crippen LogP contribution in [0.2, 0.25) is 0 Å². The van der Waals surface area contributed by atoms with Crippen molar-refractivity contribution < 1.29 is 4.42 Å². The quantitative estimate of drug-likeness (QED) is 0.182. The molecule has 3 aromatic heterocycles. The Morgan fingerprint density at radius 3 is 2.26 bits per heavy atom. The van der Waals surface area contributed by atoms with E-state index in [-0.39, 0.29) is 10.8 Å². The van der Waals surface area contributed by atoms with Crippen LogP contribution in [-0.2, 0) is 10.8 Å². The van der Waals surface area contributed by atoms with Gasteiger partial charge in [-0.25, -0.2) is 0 Å². The summed E-state index contributed by atoms with van der Waals surface area (Å²) in [5, 5.41) is 6.21. The number of para-hydroxylation sites is 2. The van der Waals surface area contributed by atoms with Gasteiger partial charge in [-0.15, -0.1) is 11.3 Å². The van der Waals surface area contributed by atoms with Crippen molar-refractivity contribution in [3.05, 3.63) is 125 Å². The molecule has 0 amide bonds. The third-order valence-corrected chi connectivity index (χ3v) is 13.6. The van der Waals surface area contributed by atoms with Crippen LogP contribution in [-0.4, -0.2) is 12.3 Å². The van der Waals surface area contributed by atoms with Gasteiger partial charge in [0, 0.05) is 48.6 Å². The minimum absolute atomic E-state index is 0.0737. The monoisotopic (exact) mass is 703 g/mol. The van der Waals surface area contributed by atoms with E-state index >= 15 is 0 Å². The Hall–Kier alpha value is -5.26. The van der Waals surface area contributed by atoms with Crippen LogP contribution in [0.1, 0.15) is 62.8 Å². The molecule has 53 heavy (non-hydrogen) atoms. The van der Waals surface area contributed by atoms with Gasteiger partial charge in [0.05, 0.1) is 11.2 Å². The number of anilines is 3. The van der Waals surface area contributed by atoms with Crippen molar-refractivity contribution in [3.63, 3.8) is 0 Å². The van der Waals surface area contributed by atoms with Crippen LogP contribution >= 0.6 is 11.3 Å². The molecule has 0 unspecified atom stereocenters. The Morgan fingerprint density at radius 2 is 1.43 bits per heavy atom. The summed E-state index contributed by atoms with van der Waals surface area (Å²) in [6.07, 6.45) is 2.36. The second-order valence-corrected chi connectivity index (χ2v) is 17.9. The van der Waals surface area contributed by atoms with Gasteiger partial charge in [-0.3, -0.25) is 0 Å². The first-order valence-electron chi connectivity index (χ1n) is 18.9. The molecule has 0 spiro atoms. The van der Waals surface area contributed by atoms with Crippen molar-refractivity contribution in [1.82, 2.24) is 4.98 Å². The molecule has 1 radical (unpaired) electrons. The Kier molecular flexibility index (Phi) is 6.30. The molecule has 4 heterocycles. The normalized spacial score (nSPS) is 16.0. The molecular weight excluding hydrogens is 663 g/mol. The molecule has 1 N–H and O–H groups in total. The maximum Gasteiger partial charge on any atom is 0.198 e. The fraction of sp³-hybridized carbons (Fsp3) is 0.208. The first-order valence-corrected chi connectivity index (χ1v) is 19.7. The number of benzene rings is 6. The van der Waals surface area contributed by atoms with Gasteiger partial charge < -0.3 is 14.3 Å². The van der Waals surface area contributed by atoms with E-state index in [1.165, 1.54) is 94.3 Å². The van der Waals surface area contributed by atoms with Gasteiger partial charge in [-0.1, -0.05) is 112 Å². The lowest BCUT2D eigenvalue weighted by Crippen LogP contribution is -2.41. The highest BCUT2D eigenvalue weighted by molar-refractivity contribution is 7.25. The van der Waals surface area contributed by atoms with Crippen LogP contribution in [0.4, 0.5) is 17.1 Å². The van der Waals surface area contributed by atoms with E-state index in [4.69, 9.17) is 4.42 Å². The van der Waals surface area contributed by atoms with Crippen molar-refractivity contribution in [2.24, 2.45) is 0 Å². The number of aromatic amines is 1. The number of aromatic nitrogens is 1. The van der Waals surface area contributed by atoms with E-state index in [1.54, 1.807) is 0 Å². The maximum absolute atomic E-state index is 6.84. The molecule has 0 bridgehead atoms. The maximum atomic E-state index is 6.84. The summed E-state index contributed by atoms with van der Waals surface area (Å²) >= 11 is 1.84. The molecule has 3 nitrogen and oxygen atoms in total. The second-order valence-electron chi connectivity index (χ2n) is 16.8. The van der Waals surface area contributed by atoms with Crippen LogP contribution in [0.5, 0.6) is 0 Å². The molecule has 6 aromatic carbocycles. The summed E-state index contributed by atoms with van der Waals surface area (Å²) in [4.78, 5) is 7.67. The molecule has 2 aliphatic rings. The van der Waals surface area contributed by atoms with E-state index in [9.17, 15) is 0 Å². The number of nitrogens with one attached hydrogen (secondary N) is 1. The minimum atomic E-state index is 0.0737. The van der Waals surface area contributed by atoms with Gasteiger partial charge in [0.15, 0.2) is 12.9 Å². The van der Waals surface area contributed by atoms with Crippen LogP contribution in [0.3, 0.4) is 0 Å². The zero-order valence-corrected chi connectivity index (χ0v) is 31.9. The van der Waals surface area contributed by atoms with E-state index in [0.717, 1.165) is 33.1 Å². The third-order valence-electron chi connectivity index (χ3n) is 12.5. The van der Waals surface area contributed by atoms with Gasteiger partial charge in [0.2, 0.25) is 0 Å². The smallest absolute Gasteiger partial charge is 0.198 e. The van der Waals surface area contributed by atoms with Crippen LogP contribution in [0.15, 0.2) is 108 Å². The molecule has 5 heteroatoms. The zero-order valence-electron chi connectivity index (χ0n) is 31.1. The summed E-state index contributed by atoms with van der Waals surface area (Å²) < 4.78 is 8.16. The van der Waals surface area contributed by atoms with Crippen molar-refractivity contribution in [2.45, 2.75) is 65.2 Å². The van der Waals surface area contributed by atoms with Crippen LogP contribution in [0.25, 0.3) is 64.3 Å². The van der Waals surface area contributed by atoms with E-state index in [0.29, 0.717) is 0 Å². The first kappa shape index (κ1) is 31.3. The average molecular weight is 704 g/mol. The number of furan rings is 1. The summed E-state index contributed by atoms with van der Waals surface area (Å²) in [5.74, 6) is 0. The highest BCUT2D eigenvalue weighted by Gasteiger charge is 2.39. The van der Waals surface area contributed by atoms with Crippen molar-refractivity contribution in [3.8, 4) is 11.1 Å². The highest BCUT2D eigenvalue weighted by Crippen LogP contribution is 2.51. The van der Waals surface area contributed by atoms with Gasteiger partial charge in [-0.2, -0.15) is 0 Å². The Bertz CT molecular complexity index is 3030. The predicted molar refractivity (Wildman–Crippen MR) is 228 cm³/mol. The number of hydrogen-bond acceptors (Lipinski definition) is 3. The predicted octanol–water partition coefficient (Wildman–Crippen LogP) is 12.5. The summed E-state index contributed by atoms with van der Waals surface area (Å²) in [7, 11) is 2.41. The molecule has 0 fully saturated rings. The van der Waals surface area contributed by atoms with Gasteiger partial charge in [0.25, 0.3) is 0 Å². The van der Waals surface area contributed by atoms with Crippen LogP contribution in [0, 0.1) is 13.8 Å². The molecule has 1 aliphatic heterocycles. The van der Waals surface area contributed by atoms with Crippen molar-refractivity contribution in [2.75, 3.05) is 4.90 Å². The van der Waals surface area contributed by atoms with E-state index in [1.807, 2.05) is 11.3 Å². The van der Waals surface area contributed by atoms with Crippen molar-refractivity contribution >= 4 is 99.7 Å². The van der Waals surface area contributed by atoms with Gasteiger partial charge in [-0.05, 0) is 95.1 Å². The number of hydrogen-bond donors (Lipinski definition) is 1. The average Bonchev–Trinajstić information content (AvgIpc) is 3.82. The van der Waals surface area contributed by atoms with Gasteiger partial charge >= 0.3 is 0 Å². The van der Waals surface area contributed by atoms with Gasteiger partial charge in [0.1, 0.15) is 10.4 Å². The Labute approximate surface area is 314 Å². The number of H-pyrrole nitrogens is 1. The lowest BCUT2D eigenvalue weighted by Gasteiger charge is -2.43. The zero-order chi connectivity index (χ0) is 36.0. The molecule has 11 rings (SSSR count). The Morgan fingerprint density at radius 1 is 0.698 bits per heavy atom. The van der Waals surface area contributed by atoms with Crippen LogP contribution < -0.4 is 15.8 Å². The van der Waals surface area contributed by atoms with E-state index < -0.39 is 0 Å². The molecule has 1 aliphatic carbocycles. The summed E-state index contributed by atoms with van der Waals surface area (Å²) in [6, 6.07) is 38.4. The lowest BCUT2D eigenvalue weighted by molar-refractivity contribution is 0.332. The number of aryl methyl sites for hydroxylation is 2. The number of fused-ring (bicyclic) bond motifs is 12. The molecular formula is C48H40BN2OS. The summed E-state index contributed by atoms with van der Waals surface area (Å²) in [6.45, 7) is 14.2. The largest absolute Gasteiger partial charge is 0.454 e. The van der Waals surface area contributed by atoms with Crippen molar-refractivity contribution in [1.29, 1.82) is 0 Å². The number of nitrogens with zero attached hydrogens (tertiary/aromatic N) is 1. The topological polar surface area (TPSA) is 32.2 Å². The number of rotatable bonds is 2. The highest BCUT2D eigenvalue weighted by atomic mass is 32.1. The first-order chi connectivity index (χ1) is 25.6. The number of thiophene rings is 1. The van der Waals surface area contributed by atoms with E-state index in [2.05, 4.69) is 162 Å². The third kappa shape index (κ3) is 4.35. The molecule has 0 saturated carbocycles. The molecule has 0 atom stereocenters. The molecule has 257 valence electrons. The standard InChI is InChI=1S/C48H40BN2OS/c1-26-22-33(29-14-11-15-32-41-31-13-8-10-17-40(31)53-46(41)50-43(29)32)42-38(23-26)51(37-25-35-34(24-27(37)2)47(3,4)20-21-48(35,5)6)44-36(49-42)19-18-30-28-12-7-9-16-39(28)52-45(30)44/h7-19,22-25,50H,20-21H2,1-6H3.